The Hall–Kier alpha value is -1.74. The number of aromatic nitrogens is 1. The molecule has 1 aromatic carbocycles. The topological polar surface area (TPSA) is 114 Å². The van der Waals surface area contributed by atoms with Crippen LogP contribution >= 0.6 is 0 Å². The number of fused-ring (bicyclic) bond motifs is 2. The molecule has 1 aliphatic heterocycles. The normalized spacial score (nSPS) is 29.4. The second-order valence-electron chi connectivity index (χ2n) is 6.54. The van der Waals surface area contributed by atoms with E-state index in [4.69, 9.17) is 10.5 Å². The van der Waals surface area contributed by atoms with Crippen LogP contribution in [0.2, 0.25) is 0 Å². The van der Waals surface area contributed by atoms with Crippen molar-refractivity contribution in [1.29, 1.82) is 0 Å². The van der Waals surface area contributed by atoms with E-state index in [2.05, 4.69) is 9.71 Å². The number of rotatable bonds is 3. The Morgan fingerprint density at radius 1 is 1.33 bits per heavy atom. The van der Waals surface area contributed by atoms with E-state index < -0.39 is 16.1 Å². The van der Waals surface area contributed by atoms with Crippen LogP contribution < -0.4 is 16.0 Å². The van der Waals surface area contributed by atoms with Gasteiger partial charge in [0.25, 0.3) is 0 Å². The fraction of sp³-hybridized carbons (Fsp3) is 0.438. The SMILES string of the molecule is Cc1cc(=O)[nH]c2ccc(S(=O)(=O)N[C@@H]3[C@@H](N)[C@H]4CCO[C@H]43)cc12. The van der Waals surface area contributed by atoms with Crippen LogP contribution in [0.25, 0.3) is 10.9 Å². The van der Waals surface area contributed by atoms with Gasteiger partial charge in [0.05, 0.1) is 17.0 Å². The summed E-state index contributed by atoms with van der Waals surface area (Å²) in [6, 6.07) is 5.50. The molecule has 4 N–H and O–H groups in total. The third-order valence-electron chi connectivity index (χ3n) is 5.07. The predicted octanol–water partition coefficient (Wildman–Crippen LogP) is 0.229. The van der Waals surface area contributed by atoms with E-state index in [1.807, 2.05) is 0 Å². The van der Waals surface area contributed by atoms with Crippen molar-refractivity contribution in [2.24, 2.45) is 11.7 Å². The summed E-state index contributed by atoms with van der Waals surface area (Å²) in [5, 5.41) is 0.699. The molecule has 1 aliphatic carbocycles. The molecule has 0 unspecified atom stereocenters. The zero-order valence-corrected chi connectivity index (χ0v) is 14.0. The molecule has 0 radical (unpaired) electrons. The van der Waals surface area contributed by atoms with Gasteiger partial charge in [-0.05, 0) is 37.1 Å². The van der Waals surface area contributed by atoms with Crippen molar-refractivity contribution in [3.63, 3.8) is 0 Å². The maximum atomic E-state index is 12.7. The maximum Gasteiger partial charge on any atom is 0.248 e. The molecular formula is C16H19N3O4S. The quantitative estimate of drug-likeness (QED) is 0.734. The fourth-order valence-electron chi connectivity index (χ4n) is 3.71. The van der Waals surface area contributed by atoms with Gasteiger partial charge in [-0.2, -0.15) is 0 Å². The summed E-state index contributed by atoms with van der Waals surface area (Å²) in [5.41, 5.74) is 7.21. The number of sulfonamides is 1. The van der Waals surface area contributed by atoms with Gasteiger partial charge in [-0.25, -0.2) is 13.1 Å². The third kappa shape index (κ3) is 2.37. The molecule has 0 bridgehead atoms. The van der Waals surface area contributed by atoms with E-state index in [0.29, 0.717) is 17.5 Å². The van der Waals surface area contributed by atoms with E-state index in [1.54, 1.807) is 19.1 Å². The molecule has 1 saturated carbocycles. The van der Waals surface area contributed by atoms with Crippen molar-refractivity contribution in [3.8, 4) is 0 Å². The average Bonchev–Trinajstić information content (AvgIpc) is 2.97. The van der Waals surface area contributed by atoms with Crippen LogP contribution in [-0.4, -0.2) is 38.2 Å². The summed E-state index contributed by atoms with van der Waals surface area (Å²) in [6.07, 6.45) is 0.750. The molecule has 2 aliphatic rings. The Kier molecular flexibility index (Phi) is 3.54. The molecule has 1 saturated heterocycles. The van der Waals surface area contributed by atoms with Crippen molar-refractivity contribution in [2.45, 2.75) is 36.4 Å². The van der Waals surface area contributed by atoms with Gasteiger partial charge in [0.1, 0.15) is 0 Å². The van der Waals surface area contributed by atoms with E-state index in [0.717, 1.165) is 12.0 Å². The van der Waals surface area contributed by atoms with Crippen molar-refractivity contribution >= 4 is 20.9 Å². The van der Waals surface area contributed by atoms with Gasteiger partial charge in [-0.3, -0.25) is 4.79 Å². The van der Waals surface area contributed by atoms with Gasteiger partial charge < -0.3 is 15.5 Å². The molecule has 128 valence electrons. The zero-order valence-electron chi connectivity index (χ0n) is 13.2. The largest absolute Gasteiger partial charge is 0.376 e. The Bertz CT molecular complexity index is 969. The number of hydrogen-bond acceptors (Lipinski definition) is 5. The number of hydrogen-bond donors (Lipinski definition) is 3. The van der Waals surface area contributed by atoms with E-state index in [-0.39, 0.29) is 28.5 Å². The molecule has 0 spiro atoms. The van der Waals surface area contributed by atoms with Crippen molar-refractivity contribution in [1.82, 2.24) is 9.71 Å². The van der Waals surface area contributed by atoms with Gasteiger partial charge in [0.15, 0.2) is 0 Å². The lowest BCUT2D eigenvalue weighted by Crippen LogP contribution is -2.68. The van der Waals surface area contributed by atoms with Crippen LogP contribution in [0.1, 0.15) is 12.0 Å². The van der Waals surface area contributed by atoms with Crippen LogP contribution in [0.3, 0.4) is 0 Å². The van der Waals surface area contributed by atoms with Crippen molar-refractivity contribution in [3.05, 3.63) is 40.2 Å². The van der Waals surface area contributed by atoms with Gasteiger partial charge in [0.2, 0.25) is 15.6 Å². The Morgan fingerprint density at radius 3 is 2.92 bits per heavy atom. The monoisotopic (exact) mass is 349 g/mol. The standard InChI is InChI=1S/C16H19N3O4S/c1-8-6-13(20)18-12-3-2-9(7-11(8)12)24(21,22)19-15-14(17)10-4-5-23-16(10)15/h2-3,6-7,10,14-16,19H,4-5,17H2,1H3,(H,18,20)/t10-,14+,15-,16-/m1/s1. The molecule has 8 heteroatoms. The lowest BCUT2D eigenvalue weighted by Gasteiger charge is -2.45. The summed E-state index contributed by atoms with van der Waals surface area (Å²) in [4.78, 5) is 14.4. The Labute approximate surface area is 139 Å². The lowest BCUT2D eigenvalue weighted by molar-refractivity contribution is -0.00923. The first-order valence-electron chi connectivity index (χ1n) is 7.90. The van der Waals surface area contributed by atoms with Crippen molar-refractivity contribution < 1.29 is 13.2 Å². The number of ether oxygens (including phenoxy) is 1. The van der Waals surface area contributed by atoms with Crippen LogP contribution in [0.15, 0.2) is 34.0 Å². The second-order valence-corrected chi connectivity index (χ2v) is 8.25. The summed E-state index contributed by atoms with van der Waals surface area (Å²) in [7, 11) is -3.71. The van der Waals surface area contributed by atoms with E-state index >= 15 is 0 Å². The number of aromatic amines is 1. The predicted molar refractivity (Wildman–Crippen MR) is 89.2 cm³/mol. The summed E-state index contributed by atoms with van der Waals surface area (Å²) in [6.45, 7) is 2.41. The molecule has 4 rings (SSSR count). The minimum absolute atomic E-state index is 0.131. The number of H-pyrrole nitrogens is 1. The molecular weight excluding hydrogens is 330 g/mol. The van der Waals surface area contributed by atoms with Gasteiger partial charge in [0, 0.05) is 35.5 Å². The van der Waals surface area contributed by atoms with Crippen LogP contribution in [-0.2, 0) is 14.8 Å². The first-order valence-corrected chi connectivity index (χ1v) is 9.38. The highest BCUT2D eigenvalue weighted by Gasteiger charge is 2.53. The average molecular weight is 349 g/mol. The summed E-state index contributed by atoms with van der Waals surface area (Å²) >= 11 is 0. The second kappa shape index (κ2) is 5.38. The summed E-state index contributed by atoms with van der Waals surface area (Å²) < 4.78 is 33.6. The highest BCUT2D eigenvalue weighted by atomic mass is 32.2. The minimum Gasteiger partial charge on any atom is -0.376 e. The number of nitrogens with one attached hydrogen (secondary N) is 2. The first-order chi connectivity index (χ1) is 11.4. The molecule has 24 heavy (non-hydrogen) atoms. The number of pyridine rings is 1. The fourth-order valence-corrected chi connectivity index (χ4v) is 5.02. The molecule has 7 nitrogen and oxygen atoms in total. The Balaban J connectivity index is 1.67. The highest BCUT2D eigenvalue weighted by molar-refractivity contribution is 7.89. The van der Waals surface area contributed by atoms with Crippen LogP contribution in [0.5, 0.6) is 0 Å². The molecule has 2 fully saturated rings. The van der Waals surface area contributed by atoms with Crippen molar-refractivity contribution in [2.75, 3.05) is 6.61 Å². The van der Waals surface area contributed by atoms with E-state index in [9.17, 15) is 13.2 Å². The highest BCUT2D eigenvalue weighted by Crippen LogP contribution is 2.38. The molecule has 0 amide bonds. The first kappa shape index (κ1) is 15.8. The zero-order chi connectivity index (χ0) is 17.1. The van der Waals surface area contributed by atoms with Gasteiger partial charge >= 0.3 is 0 Å². The maximum absolute atomic E-state index is 12.7. The number of aryl methyl sites for hydroxylation is 1. The minimum atomic E-state index is -3.71. The molecule has 4 atom stereocenters. The molecule has 1 aromatic heterocycles. The molecule has 2 heterocycles. The number of benzene rings is 1. The van der Waals surface area contributed by atoms with Crippen LogP contribution in [0, 0.1) is 12.8 Å². The van der Waals surface area contributed by atoms with Gasteiger partial charge in [-0.15, -0.1) is 0 Å². The van der Waals surface area contributed by atoms with Crippen LogP contribution in [0.4, 0.5) is 0 Å². The third-order valence-corrected chi connectivity index (χ3v) is 6.53. The Morgan fingerprint density at radius 2 is 2.12 bits per heavy atom. The smallest absolute Gasteiger partial charge is 0.248 e. The lowest BCUT2D eigenvalue weighted by atomic mass is 9.73. The van der Waals surface area contributed by atoms with E-state index in [1.165, 1.54) is 12.1 Å². The van der Waals surface area contributed by atoms with Gasteiger partial charge in [-0.1, -0.05) is 0 Å². The molecule has 2 aromatic rings. The number of nitrogens with two attached hydrogens (primary N) is 1. The summed E-state index contributed by atoms with van der Waals surface area (Å²) in [5.74, 6) is 0.238.